The van der Waals surface area contributed by atoms with E-state index in [1.807, 2.05) is 0 Å². The fraction of sp³-hybridized carbons (Fsp3) is 0.250. The smallest absolute Gasteiger partial charge is 0.135 e. The van der Waals surface area contributed by atoms with E-state index in [0.717, 1.165) is 6.07 Å². The van der Waals surface area contributed by atoms with Crippen molar-refractivity contribution < 1.29 is 13.9 Å². The molecule has 0 amide bonds. The van der Waals surface area contributed by atoms with Crippen molar-refractivity contribution in [3.8, 4) is 11.3 Å². The van der Waals surface area contributed by atoms with E-state index in [-0.39, 0.29) is 18.7 Å². The number of rotatable bonds is 3. The SMILES string of the molecule is Cc1cc(-c2cc(N)n(CCO)n2)c(F)cc1F. The van der Waals surface area contributed by atoms with Crippen molar-refractivity contribution in [2.75, 3.05) is 12.3 Å². The summed E-state index contributed by atoms with van der Waals surface area (Å²) < 4.78 is 28.2. The summed E-state index contributed by atoms with van der Waals surface area (Å²) in [6, 6.07) is 3.70. The monoisotopic (exact) mass is 253 g/mol. The van der Waals surface area contributed by atoms with Gasteiger partial charge in [0.15, 0.2) is 0 Å². The molecule has 0 aliphatic carbocycles. The molecule has 1 heterocycles. The van der Waals surface area contributed by atoms with E-state index in [1.165, 1.54) is 16.8 Å². The largest absolute Gasteiger partial charge is 0.394 e. The van der Waals surface area contributed by atoms with Crippen LogP contribution in [-0.4, -0.2) is 21.5 Å². The lowest BCUT2D eigenvalue weighted by Crippen LogP contribution is -2.07. The van der Waals surface area contributed by atoms with Crippen LogP contribution in [0.4, 0.5) is 14.6 Å². The lowest BCUT2D eigenvalue weighted by atomic mass is 10.1. The second-order valence-corrected chi connectivity index (χ2v) is 3.98. The van der Waals surface area contributed by atoms with Gasteiger partial charge in [0.05, 0.1) is 18.8 Å². The molecule has 2 aromatic rings. The molecule has 3 N–H and O–H groups in total. The third kappa shape index (κ3) is 2.19. The Kier molecular flexibility index (Phi) is 3.29. The van der Waals surface area contributed by atoms with Gasteiger partial charge >= 0.3 is 0 Å². The van der Waals surface area contributed by atoms with E-state index in [0.29, 0.717) is 17.1 Å². The Morgan fingerprint density at radius 2 is 2.00 bits per heavy atom. The minimum atomic E-state index is -0.688. The van der Waals surface area contributed by atoms with Crippen LogP contribution in [0.1, 0.15) is 5.56 Å². The number of aryl methyl sites for hydroxylation is 1. The Bertz CT molecular complexity index is 581. The standard InChI is InChI=1S/C12H13F2N3O/c1-7-4-8(10(14)5-9(7)13)11-6-12(15)17(16-11)2-3-18/h4-6,18H,2-3,15H2,1H3. The molecule has 0 saturated heterocycles. The molecular formula is C12H13F2N3O. The maximum Gasteiger partial charge on any atom is 0.135 e. The highest BCUT2D eigenvalue weighted by Gasteiger charge is 2.13. The van der Waals surface area contributed by atoms with Gasteiger partial charge in [-0.3, -0.25) is 0 Å². The average molecular weight is 253 g/mol. The third-order valence-corrected chi connectivity index (χ3v) is 2.65. The quantitative estimate of drug-likeness (QED) is 0.875. The summed E-state index contributed by atoms with van der Waals surface area (Å²) in [4.78, 5) is 0. The van der Waals surface area contributed by atoms with Gasteiger partial charge in [-0.25, -0.2) is 13.5 Å². The summed E-state index contributed by atoms with van der Waals surface area (Å²) in [5.74, 6) is -0.966. The molecule has 0 radical (unpaired) electrons. The van der Waals surface area contributed by atoms with Gasteiger partial charge in [0, 0.05) is 17.7 Å². The van der Waals surface area contributed by atoms with Crippen LogP contribution in [0.3, 0.4) is 0 Å². The summed E-state index contributed by atoms with van der Waals surface area (Å²) in [5.41, 5.74) is 6.52. The Hall–Kier alpha value is -1.95. The minimum absolute atomic E-state index is 0.115. The molecule has 0 spiro atoms. The van der Waals surface area contributed by atoms with Crippen molar-refractivity contribution in [3.05, 3.63) is 35.4 Å². The van der Waals surface area contributed by atoms with Crippen molar-refractivity contribution in [1.29, 1.82) is 0 Å². The van der Waals surface area contributed by atoms with Crippen LogP contribution in [-0.2, 0) is 6.54 Å². The van der Waals surface area contributed by atoms with E-state index < -0.39 is 11.6 Å². The first-order chi connectivity index (χ1) is 8.52. The van der Waals surface area contributed by atoms with Gasteiger partial charge in [0.25, 0.3) is 0 Å². The fourth-order valence-electron chi connectivity index (χ4n) is 1.69. The predicted molar refractivity (Wildman–Crippen MR) is 63.8 cm³/mol. The molecular weight excluding hydrogens is 240 g/mol. The van der Waals surface area contributed by atoms with Crippen LogP contribution in [0.15, 0.2) is 18.2 Å². The van der Waals surface area contributed by atoms with E-state index >= 15 is 0 Å². The normalized spacial score (nSPS) is 10.9. The maximum atomic E-state index is 13.7. The van der Waals surface area contributed by atoms with Crippen molar-refractivity contribution >= 4 is 5.82 Å². The zero-order valence-corrected chi connectivity index (χ0v) is 9.82. The second kappa shape index (κ2) is 4.73. The number of hydrogen-bond donors (Lipinski definition) is 2. The number of nitrogen functional groups attached to an aromatic ring is 1. The van der Waals surface area contributed by atoms with Crippen LogP contribution in [0.25, 0.3) is 11.3 Å². The van der Waals surface area contributed by atoms with Gasteiger partial charge in [-0.2, -0.15) is 5.10 Å². The molecule has 0 saturated carbocycles. The van der Waals surface area contributed by atoms with Crippen molar-refractivity contribution in [1.82, 2.24) is 9.78 Å². The van der Waals surface area contributed by atoms with Crippen LogP contribution < -0.4 is 5.73 Å². The first-order valence-corrected chi connectivity index (χ1v) is 5.43. The maximum absolute atomic E-state index is 13.7. The van der Waals surface area contributed by atoms with E-state index in [1.54, 1.807) is 6.92 Å². The number of aliphatic hydroxyl groups excluding tert-OH is 1. The van der Waals surface area contributed by atoms with Gasteiger partial charge in [0.2, 0.25) is 0 Å². The highest BCUT2D eigenvalue weighted by Crippen LogP contribution is 2.25. The number of nitrogens with zero attached hydrogens (tertiary/aromatic N) is 2. The van der Waals surface area contributed by atoms with E-state index in [9.17, 15) is 8.78 Å². The van der Waals surface area contributed by atoms with E-state index in [4.69, 9.17) is 10.8 Å². The Morgan fingerprint density at radius 1 is 1.28 bits per heavy atom. The lowest BCUT2D eigenvalue weighted by molar-refractivity contribution is 0.270. The molecule has 4 nitrogen and oxygen atoms in total. The molecule has 1 aromatic carbocycles. The Balaban J connectivity index is 2.48. The number of aromatic nitrogens is 2. The number of nitrogens with two attached hydrogens (primary N) is 1. The number of anilines is 1. The van der Waals surface area contributed by atoms with E-state index in [2.05, 4.69) is 5.10 Å². The molecule has 18 heavy (non-hydrogen) atoms. The van der Waals surface area contributed by atoms with Crippen LogP contribution in [0.5, 0.6) is 0 Å². The van der Waals surface area contributed by atoms with Gasteiger partial charge in [-0.1, -0.05) is 0 Å². The van der Waals surface area contributed by atoms with Crippen LogP contribution in [0, 0.1) is 18.6 Å². The molecule has 0 bridgehead atoms. The summed E-state index contributed by atoms with van der Waals surface area (Å²) in [5, 5.41) is 12.9. The molecule has 0 atom stereocenters. The third-order valence-electron chi connectivity index (χ3n) is 2.65. The number of aliphatic hydroxyl groups is 1. The predicted octanol–water partition coefficient (Wildman–Crippen LogP) is 1.71. The highest BCUT2D eigenvalue weighted by atomic mass is 19.1. The first-order valence-electron chi connectivity index (χ1n) is 5.43. The Morgan fingerprint density at radius 3 is 2.67 bits per heavy atom. The average Bonchev–Trinajstić information content (AvgIpc) is 2.66. The summed E-state index contributed by atoms with van der Waals surface area (Å²) in [6.07, 6.45) is 0. The zero-order chi connectivity index (χ0) is 13.3. The molecule has 0 aliphatic rings. The van der Waals surface area contributed by atoms with Crippen molar-refractivity contribution in [2.45, 2.75) is 13.5 Å². The molecule has 0 unspecified atom stereocenters. The zero-order valence-electron chi connectivity index (χ0n) is 9.82. The molecule has 2 rings (SSSR count). The first kappa shape index (κ1) is 12.5. The number of benzene rings is 1. The van der Waals surface area contributed by atoms with Crippen molar-refractivity contribution in [2.24, 2.45) is 0 Å². The van der Waals surface area contributed by atoms with Crippen molar-refractivity contribution in [3.63, 3.8) is 0 Å². The van der Waals surface area contributed by atoms with Crippen LogP contribution >= 0.6 is 0 Å². The topological polar surface area (TPSA) is 64.1 Å². The highest BCUT2D eigenvalue weighted by molar-refractivity contribution is 5.64. The summed E-state index contributed by atoms with van der Waals surface area (Å²) >= 11 is 0. The van der Waals surface area contributed by atoms with Gasteiger partial charge in [-0.15, -0.1) is 0 Å². The number of halogens is 2. The fourth-order valence-corrected chi connectivity index (χ4v) is 1.69. The molecule has 6 heteroatoms. The summed E-state index contributed by atoms with van der Waals surface area (Å²) in [7, 11) is 0. The molecule has 0 fully saturated rings. The van der Waals surface area contributed by atoms with Gasteiger partial charge in [-0.05, 0) is 18.6 Å². The lowest BCUT2D eigenvalue weighted by Gasteiger charge is -2.03. The molecule has 1 aromatic heterocycles. The summed E-state index contributed by atoms with van der Waals surface area (Å²) in [6.45, 7) is 1.66. The Labute approximate surface area is 103 Å². The van der Waals surface area contributed by atoms with Gasteiger partial charge in [0.1, 0.15) is 17.5 Å². The second-order valence-electron chi connectivity index (χ2n) is 3.98. The van der Waals surface area contributed by atoms with Gasteiger partial charge < -0.3 is 10.8 Å². The molecule has 96 valence electrons. The van der Waals surface area contributed by atoms with Crippen LogP contribution in [0.2, 0.25) is 0 Å². The number of hydrogen-bond acceptors (Lipinski definition) is 3. The minimum Gasteiger partial charge on any atom is -0.394 e. The molecule has 0 aliphatic heterocycles.